The van der Waals surface area contributed by atoms with Crippen LogP contribution in [0.5, 0.6) is 0 Å². The summed E-state index contributed by atoms with van der Waals surface area (Å²) >= 11 is 0. The number of nitrogens with one attached hydrogen (secondary N) is 1. The smallest absolute Gasteiger partial charge is 0.390 e. The Morgan fingerprint density at radius 2 is 2.17 bits per heavy atom. The molecule has 136 valence electrons. The summed E-state index contributed by atoms with van der Waals surface area (Å²) in [4.78, 5) is 13.8. The van der Waals surface area contributed by atoms with E-state index in [0.717, 1.165) is 10.8 Å². The first kappa shape index (κ1) is 18.6. The predicted molar refractivity (Wildman–Crippen MR) is 75.6 cm³/mol. The molecule has 0 aliphatic carbocycles. The highest BCUT2D eigenvalue weighted by molar-refractivity contribution is 7.87. The van der Waals surface area contributed by atoms with Gasteiger partial charge in [0, 0.05) is 13.0 Å². The van der Waals surface area contributed by atoms with Crippen LogP contribution >= 0.6 is 0 Å². The van der Waals surface area contributed by atoms with Gasteiger partial charge in [0.15, 0.2) is 0 Å². The molecule has 1 aliphatic rings. The molecule has 1 aliphatic heterocycles. The highest BCUT2D eigenvalue weighted by Crippen LogP contribution is 2.33. The van der Waals surface area contributed by atoms with E-state index in [0.29, 0.717) is 0 Å². The minimum atomic E-state index is -3.95. The van der Waals surface area contributed by atoms with Gasteiger partial charge in [-0.1, -0.05) is 4.98 Å². The molecule has 1 aromatic rings. The molecule has 4 atom stereocenters. The number of hydrogen-bond donors (Lipinski definition) is 4. The molecule has 2 heterocycles. The Hall–Kier alpha value is -1.71. The summed E-state index contributed by atoms with van der Waals surface area (Å²) in [5.74, 6) is -0.698. The first-order valence-electron chi connectivity index (χ1n) is 6.71. The van der Waals surface area contributed by atoms with Gasteiger partial charge in [0.25, 0.3) is 10.2 Å². The van der Waals surface area contributed by atoms with E-state index in [2.05, 4.69) is 4.98 Å². The quantitative estimate of drug-likeness (QED) is 0.306. The van der Waals surface area contributed by atoms with Crippen molar-refractivity contribution in [3.05, 3.63) is 22.0 Å². The van der Waals surface area contributed by atoms with Crippen LogP contribution in [0.1, 0.15) is 11.9 Å². The molecule has 0 bridgehead atoms. The third-order valence-electron chi connectivity index (χ3n) is 3.45. The van der Waals surface area contributed by atoms with E-state index in [1.807, 2.05) is 4.72 Å². The van der Waals surface area contributed by atoms with Crippen LogP contribution in [-0.4, -0.2) is 64.6 Å². The van der Waals surface area contributed by atoms with Crippen molar-refractivity contribution in [2.24, 2.45) is 5.14 Å². The number of aromatic nitrogens is 2. The molecule has 2 rings (SSSR count). The molecule has 0 amide bonds. The largest absolute Gasteiger partial charge is 0.437 e. The number of aliphatic hydroxyl groups is 2. The van der Waals surface area contributed by atoms with Crippen LogP contribution < -0.4 is 9.86 Å². The fourth-order valence-corrected chi connectivity index (χ4v) is 2.76. The van der Waals surface area contributed by atoms with Gasteiger partial charge < -0.3 is 25.1 Å². The van der Waals surface area contributed by atoms with Crippen molar-refractivity contribution in [2.75, 3.05) is 13.2 Å². The molecule has 1 fully saturated rings. The third kappa shape index (κ3) is 3.85. The van der Waals surface area contributed by atoms with Gasteiger partial charge >= 0.3 is 5.95 Å². The maximum Gasteiger partial charge on any atom is 0.437 e. The molecule has 1 aromatic heterocycles. The molecule has 0 radical (unpaired) electrons. The van der Waals surface area contributed by atoms with Gasteiger partial charge in [0.1, 0.15) is 36.9 Å². The Balaban J connectivity index is 2.29. The van der Waals surface area contributed by atoms with E-state index in [1.165, 1.54) is 0 Å². The number of nitrogens with zero attached hydrogens (tertiary/aromatic N) is 3. The van der Waals surface area contributed by atoms with Gasteiger partial charge in [-0.15, -0.1) is 0 Å². The monoisotopic (exact) mass is 369 g/mol. The SMILES string of the molecule is NS(=O)(=O)NCCc1cnc([N+](=O)[O-])n1C1OC(CF)C(O)C1O. The highest BCUT2D eigenvalue weighted by atomic mass is 32.2. The van der Waals surface area contributed by atoms with E-state index < -0.39 is 52.3 Å². The zero-order valence-corrected chi connectivity index (χ0v) is 13.0. The average molecular weight is 369 g/mol. The van der Waals surface area contributed by atoms with Crippen molar-refractivity contribution in [3.63, 3.8) is 0 Å². The lowest BCUT2D eigenvalue weighted by Gasteiger charge is -2.16. The van der Waals surface area contributed by atoms with Gasteiger partial charge in [-0.05, 0) is 4.92 Å². The van der Waals surface area contributed by atoms with E-state index in [-0.39, 0.29) is 18.7 Å². The molecule has 5 N–H and O–H groups in total. The fourth-order valence-electron chi connectivity index (χ4n) is 2.37. The van der Waals surface area contributed by atoms with Crippen LogP contribution in [-0.2, 0) is 21.4 Å². The van der Waals surface area contributed by atoms with Gasteiger partial charge in [0.2, 0.25) is 6.23 Å². The number of imidazole rings is 1. The Bertz CT molecular complexity index is 710. The van der Waals surface area contributed by atoms with Gasteiger partial charge in [-0.25, -0.2) is 14.3 Å². The number of rotatable bonds is 7. The Kier molecular flexibility index (Phi) is 5.46. The first-order valence-corrected chi connectivity index (χ1v) is 8.25. The van der Waals surface area contributed by atoms with Crippen LogP contribution in [0.15, 0.2) is 6.20 Å². The summed E-state index contributed by atoms with van der Waals surface area (Å²) in [5, 5.41) is 35.5. The van der Waals surface area contributed by atoms with Crippen LogP contribution in [0.4, 0.5) is 10.3 Å². The van der Waals surface area contributed by atoms with Crippen LogP contribution in [0, 0.1) is 10.1 Å². The molecule has 12 nitrogen and oxygen atoms in total. The van der Waals surface area contributed by atoms with Crippen LogP contribution in [0.25, 0.3) is 0 Å². The number of aliphatic hydroxyl groups excluding tert-OH is 2. The number of nitro groups is 1. The second-order valence-corrected chi connectivity index (χ2v) is 6.45. The van der Waals surface area contributed by atoms with Crippen molar-refractivity contribution in [3.8, 4) is 0 Å². The Morgan fingerprint density at radius 3 is 2.67 bits per heavy atom. The summed E-state index contributed by atoms with van der Waals surface area (Å²) in [5.41, 5.74) is 0.133. The van der Waals surface area contributed by atoms with E-state index in [4.69, 9.17) is 9.88 Å². The van der Waals surface area contributed by atoms with Gasteiger partial charge in [-0.3, -0.25) is 0 Å². The standard InChI is InChI=1S/C10H16FN5O7S/c11-3-6-7(17)8(18)9(23-6)15-5(1-2-14-24(12,21)22)4-13-10(15)16(19)20/h4,6-9,14,17-18H,1-3H2,(H2,12,21,22). The molecule has 4 unspecified atom stereocenters. The van der Waals surface area contributed by atoms with Crippen molar-refractivity contribution >= 4 is 16.2 Å². The maximum atomic E-state index is 12.8. The van der Waals surface area contributed by atoms with E-state index in [1.54, 1.807) is 0 Å². The van der Waals surface area contributed by atoms with E-state index in [9.17, 15) is 33.1 Å². The van der Waals surface area contributed by atoms with Crippen molar-refractivity contribution in [2.45, 2.75) is 31.0 Å². The lowest BCUT2D eigenvalue weighted by Crippen LogP contribution is -2.34. The van der Waals surface area contributed by atoms with Crippen LogP contribution in [0.3, 0.4) is 0 Å². The zero-order valence-electron chi connectivity index (χ0n) is 12.1. The number of ether oxygens (including phenoxy) is 1. The second-order valence-electron chi connectivity index (χ2n) is 5.07. The topological polar surface area (TPSA) is 183 Å². The maximum absolute atomic E-state index is 12.8. The predicted octanol–water partition coefficient (Wildman–Crippen LogP) is -2.28. The van der Waals surface area contributed by atoms with Gasteiger partial charge in [0.05, 0.1) is 0 Å². The fraction of sp³-hybridized carbons (Fsp3) is 0.700. The lowest BCUT2D eigenvalue weighted by molar-refractivity contribution is -0.398. The van der Waals surface area contributed by atoms with Crippen molar-refractivity contribution in [1.82, 2.24) is 14.3 Å². The summed E-state index contributed by atoms with van der Waals surface area (Å²) in [6.45, 7) is -1.29. The summed E-state index contributed by atoms with van der Waals surface area (Å²) < 4.78 is 42.5. The number of halogens is 1. The summed E-state index contributed by atoms with van der Waals surface area (Å²) in [6.07, 6.45) is -4.95. The molecule has 24 heavy (non-hydrogen) atoms. The molecule has 0 aromatic carbocycles. The lowest BCUT2D eigenvalue weighted by atomic mass is 10.1. The first-order chi connectivity index (χ1) is 11.2. The normalized spacial score (nSPS) is 27.5. The highest BCUT2D eigenvalue weighted by Gasteiger charge is 2.48. The number of nitrogens with two attached hydrogens (primary N) is 1. The summed E-state index contributed by atoms with van der Waals surface area (Å²) in [6, 6.07) is 0. The molecule has 0 spiro atoms. The molecular formula is C10H16FN5O7S. The average Bonchev–Trinajstić information content (AvgIpc) is 3.01. The zero-order chi connectivity index (χ0) is 18.1. The van der Waals surface area contributed by atoms with Crippen molar-refractivity contribution in [1.29, 1.82) is 0 Å². The molecule has 14 heteroatoms. The molecule has 1 saturated heterocycles. The summed E-state index contributed by atoms with van der Waals surface area (Å²) in [7, 11) is -3.95. The molecule has 0 saturated carbocycles. The number of alkyl halides is 1. The van der Waals surface area contributed by atoms with Crippen LogP contribution in [0.2, 0.25) is 0 Å². The van der Waals surface area contributed by atoms with E-state index >= 15 is 0 Å². The Morgan fingerprint density at radius 1 is 1.50 bits per heavy atom. The Labute approximate surface area is 135 Å². The van der Waals surface area contributed by atoms with Gasteiger partial charge in [-0.2, -0.15) is 13.0 Å². The number of hydrogen-bond acceptors (Lipinski definition) is 8. The second kappa shape index (κ2) is 7.04. The molecular weight excluding hydrogens is 353 g/mol. The minimum Gasteiger partial charge on any atom is -0.390 e. The van der Waals surface area contributed by atoms with Crippen molar-refractivity contribution < 1.29 is 32.7 Å². The minimum absolute atomic E-state index is 0.0692. The third-order valence-corrected chi connectivity index (χ3v) is 4.05.